The Labute approximate surface area is 168 Å². The van der Waals surface area contributed by atoms with E-state index in [0.717, 1.165) is 22.7 Å². The first-order valence-electron chi connectivity index (χ1n) is 10.00. The average Bonchev–Trinajstić information content (AvgIpc) is 3.28. The van der Waals surface area contributed by atoms with Gasteiger partial charge >= 0.3 is 0 Å². The third-order valence-electron chi connectivity index (χ3n) is 5.23. The number of nitrogens with one attached hydrogen (secondary N) is 3. The van der Waals surface area contributed by atoms with Crippen LogP contribution >= 0.6 is 0 Å². The van der Waals surface area contributed by atoms with E-state index in [9.17, 15) is 0 Å². The Morgan fingerprint density at radius 3 is 2.86 bits per heavy atom. The van der Waals surface area contributed by atoms with E-state index in [0.29, 0.717) is 18.4 Å². The van der Waals surface area contributed by atoms with Crippen LogP contribution in [0.5, 0.6) is 0 Å². The van der Waals surface area contributed by atoms with Crippen molar-refractivity contribution in [3.63, 3.8) is 0 Å². The van der Waals surface area contributed by atoms with E-state index in [2.05, 4.69) is 73.5 Å². The van der Waals surface area contributed by atoms with Gasteiger partial charge in [-0.25, -0.2) is 9.97 Å². The number of aromatic nitrogens is 6. The molecule has 1 aliphatic carbocycles. The van der Waals surface area contributed by atoms with Crippen molar-refractivity contribution in [2.45, 2.75) is 45.2 Å². The molecule has 0 amide bonds. The third-order valence-corrected chi connectivity index (χ3v) is 5.23. The number of hydrogen-bond acceptors (Lipinski definition) is 6. The minimum Gasteiger partial charge on any atom is -0.345 e. The Bertz CT molecular complexity index is 1120. The first kappa shape index (κ1) is 17.7. The fourth-order valence-electron chi connectivity index (χ4n) is 3.45. The number of benzene rings is 1. The molecule has 148 valence electrons. The number of anilines is 3. The number of rotatable bonds is 7. The van der Waals surface area contributed by atoms with Crippen LogP contribution in [0.2, 0.25) is 0 Å². The minimum absolute atomic E-state index is 0.243. The number of nitrogens with zero attached hydrogens (tertiary/aromatic N) is 5. The molecule has 1 aromatic carbocycles. The van der Waals surface area contributed by atoms with E-state index in [1.165, 1.54) is 24.1 Å². The summed E-state index contributed by atoms with van der Waals surface area (Å²) in [6.07, 6.45) is 5.99. The summed E-state index contributed by atoms with van der Waals surface area (Å²) in [5.41, 5.74) is 4.37. The number of fused-ring (bicyclic) bond motifs is 1. The van der Waals surface area contributed by atoms with Gasteiger partial charge in [0, 0.05) is 36.5 Å². The predicted molar refractivity (Wildman–Crippen MR) is 113 cm³/mol. The van der Waals surface area contributed by atoms with Crippen LogP contribution in [0, 0.1) is 0 Å². The summed E-state index contributed by atoms with van der Waals surface area (Å²) in [6.45, 7) is 5.00. The molecule has 0 aliphatic heterocycles. The highest BCUT2D eigenvalue weighted by atomic mass is 15.3. The second-order valence-corrected chi connectivity index (χ2v) is 7.83. The van der Waals surface area contributed by atoms with Crippen molar-refractivity contribution in [3.8, 4) is 0 Å². The maximum absolute atomic E-state index is 4.74. The van der Waals surface area contributed by atoms with Gasteiger partial charge in [-0.05, 0) is 50.5 Å². The van der Waals surface area contributed by atoms with Gasteiger partial charge in [-0.15, -0.1) is 0 Å². The molecule has 0 saturated heterocycles. The zero-order valence-corrected chi connectivity index (χ0v) is 16.6. The average molecular weight is 388 g/mol. The first-order chi connectivity index (χ1) is 14.2. The molecule has 0 spiro atoms. The van der Waals surface area contributed by atoms with Crippen LogP contribution in [-0.4, -0.2) is 36.2 Å². The van der Waals surface area contributed by atoms with Gasteiger partial charge < -0.3 is 15.2 Å². The molecule has 5 rings (SSSR count). The Balaban J connectivity index is 1.36. The van der Waals surface area contributed by atoms with Gasteiger partial charge in [0.15, 0.2) is 5.82 Å². The van der Waals surface area contributed by atoms with Gasteiger partial charge in [-0.1, -0.05) is 6.07 Å². The highest BCUT2D eigenvalue weighted by Crippen LogP contribution is 2.39. The van der Waals surface area contributed by atoms with E-state index < -0.39 is 0 Å². The van der Waals surface area contributed by atoms with Crippen molar-refractivity contribution in [2.24, 2.45) is 0 Å². The summed E-state index contributed by atoms with van der Waals surface area (Å²) in [7, 11) is 0. The number of H-pyrrole nitrogens is 2. The van der Waals surface area contributed by atoms with Gasteiger partial charge in [0.1, 0.15) is 5.82 Å². The smallest absolute Gasteiger partial charge is 0.227 e. The fraction of sp³-hybridized carbons (Fsp3) is 0.333. The zero-order valence-electron chi connectivity index (χ0n) is 16.6. The normalized spacial score (nSPS) is 13.9. The molecular formula is C21H24N8. The summed E-state index contributed by atoms with van der Waals surface area (Å²) in [5, 5.41) is 10.8. The van der Waals surface area contributed by atoms with Crippen LogP contribution in [0.1, 0.15) is 43.9 Å². The van der Waals surface area contributed by atoms with Crippen LogP contribution in [0.4, 0.5) is 17.6 Å². The van der Waals surface area contributed by atoms with E-state index in [-0.39, 0.29) is 6.04 Å². The fourth-order valence-corrected chi connectivity index (χ4v) is 3.45. The van der Waals surface area contributed by atoms with Gasteiger partial charge in [-0.3, -0.25) is 5.10 Å². The zero-order chi connectivity index (χ0) is 19.8. The maximum atomic E-state index is 4.74. The van der Waals surface area contributed by atoms with Gasteiger partial charge in [0.25, 0.3) is 0 Å². The Hall–Kier alpha value is -3.42. The minimum atomic E-state index is 0.243. The molecule has 4 aromatic rings. The van der Waals surface area contributed by atoms with Crippen molar-refractivity contribution in [2.75, 3.05) is 10.2 Å². The maximum Gasteiger partial charge on any atom is 0.227 e. The Morgan fingerprint density at radius 2 is 2.03 bits per heavy atom. The van der Waals surface area contributed by atoms with Crippen molar-refractivity contribution in [1.29, 1.82) is 0 Å². The lowest BCUT2D eigenvalue weighted by Crippen LogP contribution is -2.31. The lowest BCUT2D eigenvalue weighted by atomic mass is 10.1. The van der Waals surface area contributed by atoms with Crippen molar-refractivity contribution < 1.29 is 0 Å². The van der Waals surface area contributed by atoms with E-state index in [1.54, 1.807) is 12.5 Å². The van der Waals surface area contributed by atoms with Crippen LogP contribution < -0.4 is 10.2 Å². The molecule has 3 N–H and O–H groups in total. The number of imidazole rings is 1. The SMILES string of the molecule is CC(C)N(Cc1ccc2[nH]cnc2c1)c1nccc(Nc2cc(C3CC3)[nH]n2)n1. The lowest BCUT2D eigenvalue weighted by molar-refractivity contribution is 0.661. The van der Waals surface area contributed by atoms with Gasteiger partial charge in [0.2, 0.25) is 5.95 Å². The summed E-state index contributed by atoms with van der Waals surface area (Å²) >= 11 is 0. The topological polar surface area (TPSA) is 98.4 Å². The molecule has 8 nitrogen and oxygen atoms in total. The number of hydrogen-bond donors (Lipinski definition) is 3. The second-order valence-electron chi connectivity index (χ2n) is 7.83. The monoisotopic (exact) mass is 388 g/mol. The molecule has 1 aliphatic rings. The molecule has 3 aromatic heterocycles. The molecule has 0 atom stereocenters. The van der Waals surface area contributed by atoms with Crippen LogP contribution in [0.15, 0.2) is 42.9 Å². The van der Waals surface area contributed by atoms with Crippen molar-refractivity contribution in [1.82, 2.24) is 30.1 Å². The Kier molecular flexibility index (Phi) is 4.38. The highest BCUT2D eigenvalue weighted by Gasteiger charge is 2.25. The summed E-state index contributed by atoms with van der Waals surface area (Å²) in [4.78, 5) is 18.9. The largest absolute Gasteiger partial charge is 0.345 e. The third kappa shape index (κ3) is 3.78. The molecule has 0 bridgehead atoms. The lowest BCUT2D eigenvalue weighted by Gasteiger charge is -2.27. The molecule has 1 fully saturated rings. The molecular weight excluding hydrogens is 364 g/mol. The standard InChI is InChI=1S/C21H24N8/c1-13(2)29(11-14-3-6-16-18(9-14)24-12-23-16)21-22-8-7-19(26-21)25-20-10-17(27-28-20)15-4-5-15/h3,6-10,12-13,15H,4-5,11H2,1-2H3,(H,23,24)(H2,22,25,26,27,28). The summed E-state index contributed by atoms with van der Waals surface area (Å²) in [5.74, 6) is 2.85. The molecule has 3 heterocycles. The van der Waals surface area contributed by atoms with Gasteiger partial charge in [0.05, 0.1) is 17.4 Å². The van der Waals surface area contributed by atoms with Crippen molar-refractivity contribution in [3.05, 3.63) is 54.1 Å². The summed E-state index contributed by atoms with van der Waals surface area (Å²) < 4.78 is 0. The van der Waals surface area contributed by atoms with Crippen LogP contribution in [-0.2, 0) is 6.54 Å². The molecule has 8 heteroatoms. The first-order valence-corrected chi connectivity index (χ1v) is 10.00. The van der Waals surface area contributed by atoms with Crippen LogP contribution in [0.3, 0.4) is 0 Å². The summed E-state index contributed by atoms with van der Waals surface area (Å²) in [6, 6.07) is 10.5. The quantitative estimate of drug-likeness (QED) is 0.441. The molecule has 29 heavy (non-hydrogen) atoms. The second kappa shape index (κ2) is 7.20. The molecule has 1 saturated carbocycles. The Morgan fingerprint density at radius 1 is 1.14 bits per heavy atom. The van der Waals surface area contributed by atoms with E-state index in [4.69, 9.17) is 4.98 Å². The van der Waals surface area contributed by atoms with Gasteiger partial charge in [-0.2, -0.15) is 10.1 Å². The number of aromatic amines is 2. The van der Waals surface area contributed by atoms with E-state index in [1.807, 2.05) is 6.07 Å². The molecule has 0 radical (unpaired) electrons. The predicted octanol–water partition coefficient (Wildman–Crippen LogP) is 4.11. The van der Waals surface area contributed by atoms with Crippen molar-refractivity contribution >= 4 is 28.6 Å². The van der Waals surface area contributed by atoms with Crippen LogP contribution in [0.25, 0.3) is 11.0 Å². The van der Waals surface area contributed by atoms with E-state index >= 15 is 0 Å². The molecule has 0 unspecified atom stereocenters. The highest BCUT2D eigenvalue weighted by molar-refractivity contribution is 5.75.